The summed E-state index contributed by atoms with van der Waals surface area (Å²) in [4.78, 5) is 2.52. The van der Waals surface area contributed by atoms with Crippen molar-refractivity contribution >= 4 is 11.6 Å². The Kier molecular flexibility index (Phi) is 4.27. The summed E-state index contributed by atoms with van der Waals surface area (Å²) >= 11 is 6.21. The van der Waals surface area contributed by atoms with Crippen LogP contribution in [0.3, 0.4) is 0 Å². The zero-order valence-corrected chi connectivity index (χ0v) is 10.8. The SMILES string of the molecule is CC1CC(Cl)CN(CCC(C)(C)C)C1. The maximum Gasteiger partial charge on any atom is 0.0466 e. The number of nitrogens with zero attached hydrogens (tertiary/aromatic N) is 1. The molecule has 1 heterocycles. The van der Waals surface area contributed by atoms with Crippen molar-refractivity contribution in [2.45, 2.75) is 45.9 Å². The average molecular weight is 218 g/mol. The lowest BCUT2D eigenvalue weighted by Gasteiger charge is -2.35. The molecule has 0 aromatic heterocycles. The average Bonchev–Trinajstić information content (AvgIpc) is 1.97. The van der Waals surface area contributed by atoms with Gasteiger partial charge in [-0.3, -0.25) is 0 Å². The molecule has 2 heteroatoms. The number of likely N-dealkylation sites (tertiary alicyclic amines) is 1. The molecule has 1 aliphatic heterocycles. The van der Waals surface area contributed by atoms with Crippen molar-refractivity contribution in [2.75, 3.05) is 19.6 Å². The van der Waals surface area contributed by atoms with Gasteiger partial charge in [-0.25, -0.2) is 0 Å². The zero-order valence-electron chi connectivity index (χ0n) is 10.0. The van der Waals surface area contributed by atoms with Crippen molar-refractivity contribution in [1.29, 1.82) is 0 Å². The third-order valence-electron chi connectivity index (χ3n) is 2.86. The molecule has 0 radical (unpaired) electrons. The van der Waals surface area contributed by atoms with Crippen LogP contribution in [0.1, 0.15) is 40.5 Å². The number of piperidine rings is 1. The molecule has 0 aromatic rings. The third kappa shape index (κ3) is 4.65. The van der Waals surface area contributed by atoms with Gasteiger partial charge >= 0.3 is 0 Å². The first-order valence-electron chi connectivity index (χ1n) is 5.73. The standard InChI is InChI=1S/C12H24ClN/c1-10-7-11(13)9-14(8-10)6-5-12(2,3)4/h10-11H,5-9H2,1-4H3. The highest BCUT2D eigenvalue weighted by atomic mass is 35.5. The van der Waals surface area contributed by atoms with Crippen LogP contribution in [0.2, 0.25) is 0 Å². The van der Waals surface area contributed by atoms with Crippen LogP contribution in [0, 0.1) is 11.3 Å². The van der Waals surface area contributed by atoms with Crippen LogP contribution in [0.4, 0.5) is 0 Å². The third-order valence-corrected chi connectivity index (χ3v) is 3.18. The Morgan fingerprint density at radius 2 is 1.93 bits per heavy atom. The van der Waals surface area contributed by atoms with E-state index in [9.17, 15) is 0 Å². The molecule has 1 fully saturated rings. The summed E-state index contributed by atoms with van der Waals surface area (Å²) in [5.74, 6) is 0.770. The summed E-state index contributed by atoms with van der Waals surface area (Å²) in [6.07, 6.45) is 2.46. The summed E-state index contributed by atoms with van der Waals surface area (Å²) in [5.41, 5.74) is 0.447. The molecule has 2 atom stereocenters. The minimum absolute atomic E-state index is 0.374. The minimum atomic E-state index is 0.374. The molecular formula is C12H24ClN. The van der Waals surface area contributed by atoms with Crippen molar-refractivity contribution in [3.63, 3.8) is 0 Å². The lowest BCUT2D eigenvalue weighted by molar-refractivity contribution is 0.165. The monoisotopic (exact) mass is 217 g/mol. The number of rotatable bonds is 2. The second-order valence-electron chi connectivity index (χ2n) is 6.01. The van der Waals surface area contributed by atoms with Gasteiger partial charge in [0.25, 0.3) is 0 Å². The smallest absolute Gasteiger partial charge is 0.0466 e. The number of hydrogen-bond acceptors (Lipinski definition) is 1. The van der Waals surface area contributed by atoms with E-state index in [-0.39, 0.29) is 0 Å². The van der Waals surface area contributed by atoms with Gasteiger partial charge in [0.15, 0.2) is 0 Å². The van der Waals surface area contributed by atoms with Crippen LogP contribution in [0.25, 0.3) is 0 Å². The molecule has 0 bridgehead atoms. The number of hydrogen-bond donors (Lipinski definition) is 0. The first kappa shape index (κ1) is 12.3. The Hall–Kier alpha value is 0.250. The van der Waals surface area contributed by atoms with Crippen molar-refractivity contribution in [1.82, 2.24) is 4.90 Å². The predicted molar refractivity (Wildman–Crippen MR) is 63.9 cm³/mol. The molecule has 1 nitrogen and oxygen atoms in total. The van der Waals surface area contributed by atoms with Gasteiger partial charge in [-0.1, -0.05) is 27.7 Å². The van der Waals surface area contributed by atoms with Crippen molar-refractivity contribution in [2.24, 2.45) is 11.3 Å². The van der Waals surface area contributed by atoms with E-state index in [0.29, 0.717) is 10.8 Å². The van der Waals surface area contributed by atoms with Gasteiger partial charge in [-0.05, 0) is 30.7 Å². The highest BCUT2D eigenvalue weighted by Gasteiger charge is 2.23. The quantitative estimate of drug-likeness (QED) is 0.642. The van der Waals surface area contributed by atoms with Crippen molar-refractivity contribution < 1.29 is 0 Å². The molecule has 0 N–H and O–H groups in total. The van der Waals surface area contributed by atoms with Gasteiger partial charge in [0.1, 0.15) is 0 Å². The van der Waals surface area contributed by atoms with Crippen LogP contribution >= 0.6 is 11.6 Å². The maximum absolute atomic E-state index is 6.21. The van der Waals surface area contributed by atoms with Crippen LogP contribution in [0.15, 0.2) is 0 Å². The largest absolute Gasteiger partial charge is 0.302 e. The van der Waals surface area contributed by atoms with E-state index in [4.69, 9.17) is 11.6 Å². The van der Waals surface area contributed by atoms with E-state index in [1.54, 1.807) is 0 Å². The molecule has 0 amide bonds. The van der Waals surface area contributed by atoms with Gasteiger partial charge in [0, 0.05) is 18.5 Å². The van der Waals surface area contributed by atoms with E-state index in [2.05, 4.69) is 32.6 Å². The summed E-state index contributed by atoms with van der Waals surface area (Å²) < 4.78 is 0. The van der Waals surface area contributed by atoms with Crippen molar-refractivity contribution in [3.8, 4) is 0 Å². The van der Waals surface area contributed by atoms with E-state index in [0.717, 1.165) is 12.5 Å². The summed E-state index contributed by atoms with van der Waals surface area (Å²) in [6, 6.07) is 0. The molecule has 0 aromatic carbocycles. The number of halogens is 1. The fourth-order valence-electron chi connectivity index (χ4n) is 2.06. The summed E-state index contributed by atoms with van der Waals surface area (Å²) in [6.45, 7) is 12.7. The van der Waals surface area contributed by atoms with Crippen LogP contribution in [0.5, 0.6) is 0 Å². The first-order valence-corrected chi connectivity index (χ1v) is 6.17. The summed E-state index contributed by atoms with van der Waals surface area (Å²) in [5, 5.41) is 0.374. The lowest BCUT2D eigenvalue weighted by Crippen LogP contribution is -2.41. The molecule has 0 saturated carbocycles. The predicted octanol–water partition coefficient (Wildman–Crippen LogP) is 3.37. The molecule has 1 aliphatic rings. The first-order chi connectivity index (χ1) is 6.37. The molecule has 2 unspecified atom stereocenters. The fraction of sp³-hybridized carbons (Fsp3) is 1.00. The molecule has 0 aliphatic carbocycles. The Morgan fingerprint density at radius 3 is 2.43 bits per heavy atom. The van der Waals surface area contributed by atoms with Gasteiger partial charge < -0.3 is 4.90 Å². The molecule has 84 valence electrons. The van der Waals surface area contributed by atoms with Crippen LogP contribution in [-0.2, 0) is 0 Å². The lowest BCUT2D eigenvalue weighted by atomic mass is 9.91. The Labute approximate surface area is 93.8 Å². The summed E-state index contributed by atoms with van der Waals surface area (Å²) in [7, 11) is 0. The molecule has 1 saturated heterocycles. The topological polar surface area (TPSA) is 3.24 Å². The van der Waals surface area contributed by atoms with Gasteiger partial charge in [-0.2, -0.15) is 0 Å². The second-order valence-corrected chi connectivity index (χ2v) is 6.63. The Bertz CT molecular complexity index is 164. The highest BCUT2D eigenvalue weighted by Crippen LogP contribution is 2.23. The Balaban J connectivity index is 2.30. The van der Waals surface area contributed by atoms with Gasteiger partial charge in [-0.15, -0.1) is 11.6 Å². The molecule has 14 heavy (non-hydrogen) atoms. The van der Waals surface area contributed by atoms with E-state index in [1.807, 2.05) is 0 Å². The van der Waals surface area contributed by atoms with Gasteiger partial charge in [0.05, 0.1) is 0 Å². The number of alkyl halides is 1. The van der Waals surface area contributed by atoms with Crippen molar-refractivity contribution in [3.05, 3.63) is 0 Å². The van der Waals surface area contributed by atoms with E-state index < -0.39 is 0 Å². The minimum Gasteiger partial charge on any atom is -0.302 e. The zero-order chi connectivity index (χ0) is 10.8. The molecule has 0 spiro atoms. The Morgan fingerprint density at radius 1 is 1.29 bits per heavy atom. The van der Waals surface area contributed by atoms with E-state index >= 15 is 0 Å². The van der Waals surface area contributed by atoms with E-state index in [1.165, 1.54) is 25.9 Å². The maximum atomic E-state index is 6.21. The fourth-order valence-corrected chi connectivity index (χ4v) is 2.56. The van der Waals surface area contributed by atoms with Gasteiger partial charge in [0.2, 0.25) is 0 Å². The van der Waals surface area contributed by atoms with Crippen LogP contribution < -0.4 is 0 Å². The highest BCUT2D eigenvalue weighted by molar-refractivity contribution is 6.20. The second kappa shape index (κ2) is 4.85. The molecular weight excluding hydrogens is 194 g/mol. The molecule has 1 rings (SSSR count). The normalized spacial score (nSPS) is 30.6. The van der Waals surface area contributed by atoms with Crippen LogP contribution in [-0.4, -0.2) is 29.9 Å².